The van der Waals surface area contributed by atoms with Crippen molar-refractivity contribution in [3.05, 3.63) is 54.6 Å². The zero-order chi connectivity index (χ0) is 18.1. The Morgan fingerprint density at radius 1 is 0.880 bits per heavy atom. The Balaban J connectivity index is 1.68. The molecule has 0 saturated heterocycles. The van der Waals surface area contributed by atoms with Crippen molar-refractivity contribution in [1.82, 2.24) is 5.32 Å². The van der Waals surface area contributed by atoms with E-state index in [1.807, 2.05) is 75.4 Å². The maximum absolute atomic E-state index is 11.8. The molecule has 0 aliphatic carbocycles. The molecule has 0 aromatic heterocycles. The van der Waals surface area contributed by atoms with Crippen molar-refractivity contribution in [2.75, 3.05) is 25.1 Å². The van der Waals surface area contributed by atoms with E-state index in [-0.39, 0.29) is 18.0 Å². The summed E-state index contributed by atoms with van der Waals surface area (Å²) in [5.74, 6) is 1.56. The Labute approximate surface area is 149 Å². The fraction of sp³-hybridized carbons (Fsp3) is 0.350. The monoisotopic (exact) mass is 342 g/mol. The van der Waals surface area contributed by atoms with Crippen molar-refractivity contribution >= 4 is 11.6 Å². The summed E-state index contributed by atoms with van der Waals surface area (Å²) in [4.78, 5) is 11.8. The maximum Gasteiger partial charge on any atom is 0.239 e. The zero-order valence-electron chi connectivity index (χ0n) is 15.0. The number of ether oxygens (including phenoxy) is 2. The van der Waals surface area contributed by atoms with Crippen LogP contribution in [0.3, 0.4) is 0 Å². The average Bonchev–Trinajstić information content (AvgIpc) is 2.57. The van der Waals surface area contributed by atoms with Crippen LogP contribution in [-0.4, -0.2) is 31.2 Å². The minimum Gasteiger partial charge on any atom is -0.490 e. The molecule has 5 heteroatoms. The van der Waals surface area contributed by atoms with Gasteiger partial charge in [-0.05, 0) is 57.2 Å². The van der Waals surface area contributed by atoms with E-state index in [9.17, 15) is 4.79 Å². The highest BCUT2D eigenvalue weighted by Crippen LogP contribution is 2.15. The van der Waals surface area contributed by atoms with Gasteiger partial charge >= 0.3 is 0 Å². The van der Waals surface area contributed by atoms with Crippen molar-refractivity contribution in [3.8, 4) is 11.5 Å². The van der Waals surface area contributed by atoms with E-state index in [1.165, 1.54) is 0 Å². The normalized spacial score (nSPS) is 10.8. The fourth-order valence-electron chi connectivity index (χ4n) is 2.15. The van der Waals surface area contributed by atoms with E-state index in [0.717, 1.165) is 17.2 Å². The van der Waals surface area contributed by atoms with Crippen LogP contribution in [0.4, 0.5) is 5.69 Å². The number of hydrogen-bond donors (Lipinski definition) is 2. The molecule has 0 aliphatic heterocycles. The molecule has 134 valence electrons. The van der Waals surface area contributed by atoms with E-state index >= 15 is 0 Å². The second kappa shape index (κ2) is 8.97. The maximum atomic E-state index is 11.8. The highest BCUT2D eigenvalue weighted by Gasteiger charge is 2.12. The molecule has 0 fully saturated rings. The van der Waals surface area contributed by atoms with Gasteiger partial charge in [0, 0.05) is 11.2 Å². The molecule has 0 saturated carbocycles. The summed E-state index contributed by atoms with van der Waals surface area (Å²) in [7, 11) is 0. The highest BCUT2D eigenvalue weighted by molar-refractivity contribution is 5.81. The highest BCUT2D eigenvalue weighted by atomic mass is 16.5. The van der Waals surface area contributed by atoms with Crippen LogP contribution in [0.25, 0.3) is 0 Å². The summed E-state index contributed by atoms with van der Waals surface area (Å²) in [6.45, 7) is 7.06. The van der Waals surface area contributed by atoms with Gasteiger partial charge in [0.25, 0.3) is 0 Å². The zero-order valence-corrected chi connectivity index (χ0v) is 15.0. The lowest BCUT2D eigenvalue weighted by molar-refractivity contribution is -0.120. The molecule has 2 aromatic rings. The van der Waals surface area contributed by atoms with Gasteiger partial charge in [0.05, 0.1) is 6.54 Å². The van der Waals surface area contributed by atoms with E-state index in [0.29, 0.717) is 13.2 Å². The van der Waals surface area contributed by atoms with Crippen LogP contribution in [0.5, 0.6) is 11.5 Å². The Kier molecular flexibility index (Phi) is 6.69. The van der Waals surface area contributed by atoms with Gasteiger partial charge in [0.2, 0.25) is 5.91 Å². The van der Waals surface area contributed by atoms with Crippen LogP contribution < -0.4 is 20.1 Å². The third-order valence-corrected chi connectivity index (χ3v) is 3.19. The number of benzene rings is 2. The number of para-hydroxylation sites is 1. The molecular formula is C20H26N2O3. The molecule has 0 atom stereocenters. The van der Waals surface area contributed by atoms with Gasteiger partial charge in [-0.15, -0.1) is 0 Å². The van der Waals surface area contributed by atoms with Gasteiger partial charge < -0.3 is 20.1 Å². The molecule has 5 nitrogen and oxygen atoms in total. The number of rotatable bonds is 8. The fourth-order valence-corrected chi connectivity index (χ4v) is 2.15. The predicted octanol–water partition coefficient (Wildman–Crippen LogP) is 3.47. The van der Waals surface area contributed by atoms with Crippen LogP contribution in [0.15, 0.2) is 54.6 Å². The first-order chi connectivity index (χ1) is 11.9. The first-order valence-corrected chi connectivity index (χ1v) is 8.38. The number of nitrogens with one attached hydrogen (secondary N) is 2. The molecule has 0 radical (unpaired) electrons. The lowest BCUT2D eigenvalue weighted by atomic mass is 10.1. The molecule has 0 unspecified atom stereocenters. The number of carbonyl (C=O) groups excluding carboxylic acids is 1. The SMILES string of the molecule is CC(C)(C)NC(=O)CNc1ccc(OCCOc2ccccc2)cc1. The second-order valence-corrected chi connectivity index (χ2v) is 6.69. The number of amides is 1. The molecule has 1 amide bonds. The van der Waals surface area contributed by atoms with Crippen molar-refractivity contribution in [1.29, 1.82) is 0 Å². The molecule has 2 rings (SSSR count). The van der Waals surface area contributed by atoms with Crippen molar-refractivity contribution in [2.45, 2.75) is 26.3 Å². The Hall–Kier alpha value is -2.69. The average molecular weight is 342 g/mol. The summed E-state index contributed by atoms with van der Waals surface area (Å²) in [5, 5.41) is 6.00. The van der Waals surface area contributed by atoms with Crippen molar-refractivity contribution in [3.63, 3.8) is 0 Å². The number of anilines is 1. The van der Waals surface area contributed by atoms with E-state index in [2.05, 4.69) is 10.6 Å². The largest absolute Gasteiger partial charge is 0.490 e. The third kappa shape index (κ3) is 7.61. The van der Waals surface area contributed by atoms with Crippen LogP contribution >= 0.6 is 0 Å². The topological polar surface area (TPSA) is 59.6 Å². The summed E-state index contributed by atoms with van der Waals surface area (Å²) in [6, 6.07) is 17.2. The van der Waals surface area contributed by atoms with Gasteiger partial charge in [-0.25, -0.2) is 0 Å². The summed E-state index contributed by atoms with van der Waals surface area (Å²) >= 11 is 0. The molecule has 25 heavy (non-hydrogen) atoms. The molecule has 0 bridgehead atoms. The van der Waals surface area contributed by atoms with Crippen molar-refractivity contribution < 1.29 is 14.3 Å². The summed E-state index contributed by atoms with van der Waals surface area (Å²) < 4.78 is 11.2. The van der Waals surface area contributed by atoms with Crippen LogP contribution in [-0.2, 0) is 4.79 Å². The lowest BCUT2D eigenvalue weighted by Crippen LogP contribution is -2.43. The second-order valence-electron chi connectivity index (χ2n) is 6.69. The van der Waals surface area contributed by atoms with Gasteiger partial charge in [-0.3, -0.25) is 4.79 Å². The van der Waals surface area contributed by atoms with Gasteiger partial charge in [-0.2, -0.15) is 0 Å². The third-order valence-electron chi connectivity index (χ3n) is 3.19. The van der Waals surface area contributed by atoms with Crippen LogP contribution in [0.2, 0.25) is 0 Å². The number of hydrogen-bond acceptors (Lipinski definition) is 4. The molecular weight excluding hydrogens is 316 g/mol. The van der Waals surface area contributed by atoms with Gasteiger partial charge in [0.15, 0.2) is 0 Å². The molecule has 2 aromatic carbocycles. The molecule has 0 spiro atoms. The Bertz CT molecular complexity index is 649. The molecule has 0 heterocycles. The minimum atomic E-state index is -0.224. The van der Waals surface area contributed by atoms with Crippen LogP contribution in [0, 0.1) is 0 Å². The first kappa shape index (κ1) is 18.6. The Morgan fingerprint density at radius 2 is 1.44 bits per heavy atom. The van der Waals surface area contributed by atoms with E-state index in [4.69, 9.17) is 9.47 Å². The lowest BCUT2D eigenvalue weighted by Gasteiger charge is -2.20. The summed E-state index contributed by atoms with van der Waals surface area (Å²) in [6.07, 6.45) is 0. The molecule has 2 N–H and O–H groups in total. The van der Waals surface area contributed by atoms with Crippen molar-refractivity contribution in [2.24, 2.45) is 0 Å². The van der Waals surface area contributed by atoms with E-state index in [1.54, 1.807) is 0 Å². The minimum absolute atomic E-state index is 0.0362. The first-order valence-electron chi connectivity index (χ1n) is 8.38. The van der Waals surface area contributed by atoms with Gasteiger partial charge in [0.1, 0.15) is 24.7 Å². The predicted molar refractivity (Wildman–Crippen MR) is 100 cm³/mol. The van der Waals surface area contributed by atoms with E-state index < -0.39 is 0 Å². The number of carbonyl (C=O) groups is 1. The van der Waals surface area contributed by atoms with Crippen LogP contribution in [0.1, 0.15) is 20.8 Å². The molecule has 0 aliphatic rings. The van der Waals surface area contributed by atoms with Gasteiger partial charge in [-0.1, -0.05) is 18.2 Å². The quantitative estimate of drug-likeness (QED) is 0.721. The standard InChI is InChI=1S/C20H26N2O3/c1-20(2,3)22-19(23)15-21-16-9-11-18(12-10-16)25-14-13-24-17-7-5-4-6-8-17/h4-12,21H,13-15H2,1-3H3,(H,22,23). The smallest absolute Gasteiger partial charge is 0.239 e. The Morgan fingerprint density at radius 3 is 2.00 bits per heavy atom. The summed E-state index contributed by atoms with van der Waals surface area (Å²) in [5.41, 5.74) is 0.648.